The minimum absolute atomic E-state index is 0.0282. The smallest absolute Gasteiger partial charge is 0.139 e. The van der Waals surface area contributed by atoms with Gasteiger partial charge in [0, 0.05) is 11.8 Å². The highest BCUT2D eigenvalue weighted by Crippen LogP contribution is 2.46. The second-order valence-electron chi connectivity index (χ2n) is 4.82. The molecule has 1 unspecified atom stereocenters. The molecule has 2 rings (SSSR count). The minimum atomic E-state index is 0.0282. The second kappa shape index (κ2) is 3.43. The highest BCUT2D eigenvalue weighted by atomic mass is 16.1. The lowest BCUT2D eigenvalue weighted by molar-refractivity contribution is -0.127. The third-order valence-electron chi connectivity index (χ3n) is 3.98. The number of Topliss-reactive ketones (excluding diaryl/α,β-unsaturated/α-hetero) is 1. The van der Waals surface area contributed by atoms with Crippen molar-refractivity contribution in [3.63, 3.8) is 0 Å². The molecule has 2 saturated carbocycles. The Balaban J connectivity index is 2.08. The Morgan fingerprint density at radius 3 is 2.77 bits per heavy atom. The molecule has 2 aliphatic carbocycles. The molecule has 0 aliphatic heterocycles. The molecule has 1 nitrogen and oxygen atoms in total. The van der Waals surface area contributed by atoms with Crippen molar-refractivity contribution in [2.75, 3.05) is 0 Å². The first-order valence-corrected chi connectivity index (χ1v) is 5.60. The predicted octanol–water partition coefficient (Wildman–Crippen LogP) is 3.14. The van der Waals surface area contributed by atoms with Crippen LogP contribution in [0.5, 0.6) is 0 Å². The first-order chi connectivity index (χ1) is 6.23. The molecule has 0 spiro atoms. The molecule has 0 N–H and O–H groups in total. The van der Waals surface area contributed by atoms with Crippen molar-refractivity contribution in [3.8, 4) is 0 Å². The number of hydrogen-bond donors (Lipinski definition) is 0. The van der Waals surface area contributed by atoms with Crippen LogP contribution in [0.2, 0.25) is 0 Å². The summed E-state index contributed by atoms with van der Waals surface area (Å²) in [6.07, 6.45) is 10.6. The third kappa shape index (κ3) is 1.53. The molecule has 0 bridgehead atoms. The quantitative estimate of drug-likeness (QED) is 0.604. The van der Waals surface area contributed by atoms with Gasteiger partial charge in [-0.05, 0) is 38.0 Å². The Labute approximate surface area is 80.9 Å². The topological polar surface area (TPSA) is 17.1 Å². The van der Waals surface area contributed by atoms with Crippen LogP contribution in [-0.4, -0.2) is 5.78 Å². The van der Waals surface area contributed by atoms with E-state index in [9.17, 15) is 4.79 Å². The van der Waals surface area contributed by atoms with Crippen LogP contribution in [0.3, 0.4) is 0 Å². The van der Waals surface area contributed by atoms with Crippen LogP contribution in [0.4, 0.5) is 0 Å². The summed E-state index contributed by atoms with van der Waals surface area (Å²) in [5.74, 6) is 1.12. The van der Waals surface area contributed by atoms with Crippen LogP contribution in [0.15, 0.2) is 0 Å². The van der Waals surface area contributed by atoms with Gasteiger partial charge in [0.2, 0.25) is 0 Å². The number of carbonyl (C=O) groups excluding carboxylic acids is 1. The summed E-state index contributed by atoms with van der Waals surface area (Å²) in [5, 5.41) is 0. The Bertz CT molecular complexity index is 203. The van der Waals surface area contributed by atoms with Crippen molar-refractivity contribution >= 4 is 5.78 Å². The van der Waals surface area contributed by atoms with Gasteiger partial charge in [0.25, 0.3) is 0 Å². The molecule has 0 heterocycles. The highest BCUT2D eigenvalue weighted by Gasteiger charge is 2.43. The van der Waals surface area contributed by atoms with E-state index in [1.165, 1.54) is 25.7 Å². The minimum Gasteiger partial charge on any atom is -0.299 e. The molecular weight excluding hydrogens is 160 g/mol. The molecule has 2 aliphatic rings. The summed E-state index contributed by atoms with van der Waals surface area (Å²) >= 11 is 0. The van der Waals surface area contributed by atoms with Crippen LogP contribution in [-0.2, 0) is 4.79 Å². The number of hydrogen-bond acceptors (Lipinski definition) is 1. The lowest BCUT2D eigenvalue weighted by Gasteiger charge is -2.35. The fourth-order valence-electron chi connectivity index (χ4n) is 2.96. The van der Waals surface area contributed by atoms with Crippen LogP contribution in [0.25, 0.3) is 0 Å². The monoisotopic (exact) mass is 179 g/mol. The molecule has 73 valence electrons. The molecule has 1 radical (unpaired) electrons. The standard InChI is InChI=1S/C12H19O/c1-12(9-5-8-11(12)13)10-6-3-2-4-7-10/h6,10H,2-5,7-9H2,1H3/t10?,12-/m1/s1. The van der Waals surface area contributed by atoms with Crippen molar-refractivity contribution in [3.05, 3.63) is 6.42 Å². The van der Waals surface area contributed by atoms with E-state index in [1.807, 2.05) is 0 Å². The van der Waals surface area contributed by atoms with Gasteiger partial charge in [0.1, 0.15) is 5.78 Å². The van der Waals surface area contributed by atoms with E-state index >= 15 is 0 Å². The van der Waals surface area contributed by atoms with Crippen LogP contribution >= 0.6 is 0 Å². The van der Waals surface area contributed by atoms with E-state index < -0.39 is 0 Å². The fourth-order valence-corrected chi connectivity index (χ4v) is 2.96. The Hall–Kier alpha value is -0.330. The zero-order chi connectivity index (χ0) is 9.31. The molecule has 0 aromatic heterocycles. The molecule has 2 atom stereocenters. The summed E-state index contributed by atoms with van der Waals surface area (Å²) in [7, 11) is 0. The Morgan fingerprint density at radius 1 is 1.38 bits per heavy atom. The zero-order valence-electron chi connectivity index (χ0n) is 8.51. The summed E-state index contributed by atoms with van der Waals surface area (Å²) in [4.78, 5) is 11.8. The molecule has 0 aromatic rings. The van der Waals surface area contributed by atoms with Gasteiger partial charge in [-0.25, -0.2) is 0 Å². The maximum atomic E-state index is 11.8. The van der Waals surface area contributed by atoms with E-state index in [1.54, 1.807) is 0 Å². The van der Waals surface area contributed by atoms with Gasteiger partial charge in [0.15, 0.2) is 0 Å². The Kier molecular flexibility index (Phi) is 2.44. The normalized spacial score (nSPS) is 36.8. The molecule has 0 amide bonds. The fraction of sp³-hybridized carbons (Fsp3) is 0.833. The highest BCUT2D eigenvalue weighted by molar-refractivity contribution is 5.86. The van der Waals surface area contributed by atoms with E-state index in [-0.39, 0.29) is 5.41 Å². The molecule has 2 fully saturated rings. The molecule has 0 aromatic carbocycles. The third-order valence-corrected chi connectivity index (χ3v) is 3.98. The predicted molar refractivity (Wildman–Crippen MR) is 53.2 cm³/mol. The summed E-state index contributed by atoms with van der Waals surface area (Å²) in [5.41, 5.74) is 0.0282. The molecule has 13 heavy (non-hydrogen) atoms. The number of rotatable bonds is 1. The van der Waals surface area contributed by atoms with Gasteiger partial charge in [-0.1, -0.05) is 19.8 Å². The van der Waals surface area contributed by atoms with Crippen molar-refractivity contribution in [2.45, 2.75) is 51.9 Å². The Morgan fingerprint density at radius 2 is 2.23 bits per heavy atom. The van der Waals surface area contributed by atoms with E-state index in [4.69, 9.17) is 0 Å². The average Bonchev–Trinajstić information content (AvgIpc) is 2.50. The van der Waals surface area contributed by atoms with Gasteiger partial charge in [-0.3, -0.25) is 4.79 Å². The molecule has 1 heteroatoms. The SMILES string of the molecule is C[C@]1(C2[CH]CCCC2)CCCC1=O. The maximum absolute atomic E-state index is 11.8. The van der Waals surface area contributed by atoms with Crippen LogP contribution in [0.1, 0.15) is 51.9 Å². The van der Waals surface area contributed by atoms with Gasteiger partial charge < -0.3 is 0 Å². The largest absolute Gasteiger partial charge is 0.299 e. The first kappa shape index (κ1) is 9.23. The summed E-state index contributed by atoms with van der Waals surface area (Å²) in [6.45, 7) is 2.19. The average molecular weight is 179 g/mol. The van der Waals surface area contributed by atoms with Gasteiger partial charge in [-0.15, -0.1) is 0 Å². The van der Waals surface area contributed by atoms with E-state index in [2.05, 4.69) is 13.3 Å². The van der Waals surface area contributed by atoms with Gasteiger partial charge >= 0.3 is 0 Å². The van der Waals surface area contributed by atoms with Gasteiger partial charge in [-0.2, -0.15) is 0 Å². The van der Waals surface area contributed by atoms with E-state index in [0.717, 1.165) is 19.3 Å². The molecular formula is C12H19O. The molecule has 0 saturated heterocycles. The first-order valence-electron chi connectivity index (χ1n) is 5.60. The second-order valence-corrected chi connectivity index (χ2v) is 4.82. The van der Waals surface area contributed by atoms with Crippen LogP contribution < -0.4 is 0 Å². The zero-order valence-corrected chi connectivity index (χ0v) is 8.51. The number of carbonyl (C=O) groups is 1. The van der Waals surface area contributed by atoms with Gasteiger partial charge in [0.05, 0.1) is 0 Å². The summed E-state index contributed by atoms with van der Waals surface area (Å²) < 4.78 is 0. The number of ketones is 1. The lowest BCUT2D eigenvalue weighted by Crippen LogP contribution is -2.33. The van der Waals surface area contributed by atoms with Crippen molar-refractivity contribution in [1.29, 1.82) is 0 Å². The van der Waals surface area contributed by atoms with Crippen molar-refractivity contribution in [2.24, 2.45) is 11.3 Å². The van der Waals surface area contributed by atoms with E-state index in [0.29, 0.717) is 11.7 Å². The maximum Gasteiger partial charge on any atom is 0.139 e. The lowest BCUT2D eigenvalue weighted by atomic mass is 9.68. The summed E-state index contributed by atoms with van der Waals surface area (Å²) in [6, 6.07) is 0. The van der Waals surface area contributed by atoms with Crippen LogP contribution in [0, 0.1) is 17.8 Å². The van der Waals surface area contributed by atoms with Crippen molar-refractivity contribution < 1.29 is 4.79 Å². The van der Waals surface area contributed by atoms with Crippen molar-refractivity contribution in [1.82, 2.24) is 0 Å².